The molecule has 2 aromatic carbocycles. The summed E-state index contributed by atoms with van der Waals surface area (Å²) in [5.74, 6) is -0.678. The fraction of sp³-hybridized carbons (Fsp3) is 0.235. The van der Waals surface area contributed by atoms with Crippen LogP contribution < -0.4 is 5.32 Å². The molecule has 0 bridgehead atoms. The molecule has 0 aromatic heterocycles. The summed E-state index contributed by atoms with van der Waals surface area (Å²) < 4.78 is 13.5. The number of carbonyl (C=O) groups excluding carboxylic acids is 1. The maximum absolute atomic E-state index is 13.5. The third-order valence-electron chi connectivity index (χ3n) is 3.73. The Labute approximate surface area is 117 Å². The van der Waals surface area contributed by atoms with Crippen molar-refractivity contribution in [1.82, 2.24) is 0 Å². The lowest BCUT2D eigenvalue weighted by Crippen LogP contribution is -2.14. The molecule has 1 aliphatic carbocycles. The summed E-state index contributed by atoms with van der Waals surface area (Å²) in [7, 11) is 0. The monoisotopic (exact) mass is 269 g/mol. The summed E-state index contributed by atoms with van der Waals surface area (Å²) in [5, 5.41) is 2.62. The van der Waals surface area contributed by atoms with Crippen LogP contribution in [-0.2, 0) is 12.8 Å². The molecule has 0 atom stereocenters. The second-order valence-corrected chi connectivity index (χ2v) is 5.12. The Morgan fingerprint density at radius 3 is 2.55 bits per heavy atom. The van der Waals surface area contributed by atoms with Crippen molar-refractivity contribution in [2.45, 2.75) is 25.7 Å². The van der Waals surface area contributed by atoms with E-state index >= 15 is 0 Å². The van der Waals surface area contributed by atoms with Gasteiger partial charge in [0, 0.05) is 5.56 Å². The lowest BCUT2D eigenvalue weighted by Gasteiger charge is -2.16. The number of aryl methyl sites for hydroxylation is 2. The molecule has 0 radical (unpaired) electrons. The van der Waals surface area contributed by atoms with Gasteiger partial charge in [-0.1, -0.05) is 18.2 Å². The van der Waals surface area contributed by atoms with Gasteiger partial charge in [-0.05, 0) is 61.1 Å². The van der Waals surface area contributed by atoms with Crippen LogP contribution in [0.3, 0.4) is 0 Å². The Morgan fingerprint density at radius 2 is 1.75 bits per heavy atom. The first-order valence-corrected chi connectivity index (χ1v) is 6.92. The van der Waals surface area contributed by atoms with Gasteiger partial charge >= 0.3 is 0 Å². The first-order valence-electron chi connectivity index (χ1n) is 6.92. The number of nitrogens with one attached hydrogen (secondary N) is 1. The molecule has 0 spiro atoms. The molecule has 1 N–H and O–H groups in total. The number of benzene rings is 2. The van der Waals surface area contributed by atoms with Crippen LogP contribution >= 0.6 is 0 Å². The second kappa shape index (κ2) is 5.45. The van der Waals surface area contributed by atoms with Crippen LogP contribution in [-0.4, -0.2) is 5.91 Å². The number of hydrogen-bond acceptors (Lipinski definition) is 1. The molecular formula is C17H16FNO. The van der Waals surface area contributed by atoms with Gasteiger partial charge in [-0.2, -0.15) is 0 Å². The van der Waals surface area contributed by atoms with Gasteiger partial charge in [-0.15, -0.1) is 0 Å². The van der Waals surface area contributed by atoms with Crippen LogP contribution in [0.2, 0.25) is 0 Å². The van der Waals surface area contributed by atoms with Crippen molar-refractivity contribution in [3.05, 3.63) is 65.0 Å². The van der Waals surface area contributed by atoms with E-state index in [0.717, 1.165) is 12.8 Å². The number of carbonyl (C=O) groups is 1. The molecule has 0 saturated carbocycles. The van der Waals surface area contributed by atoms with Crippen molar-refractivity contribution < 1.29 is 9.18 Å². The average molecular weight is 269 g/mol. The zero-order chi connectivity index (χ0) is 13.9. The molecule has 0 heterocycles. The molecule has 2 aromatic rings. The third-order valence-corrected chi connectivity index (χ3v) is 3.73. The molecule has 1 amide bonds. The molecule has 0 aliphatic heterocycles. The van der Waals surface area contributed by atoms with Crippen LogP contribution in [0.15, 0.2) is 42.5 Å². The lowest BCUT2D eigenvalue weighted by atomic mass is 9.90. The highest BCUT2D eigenvalue weighted by atomic mass is 19.1. The smallest absolute Gasteiger partial charge is 0.255 e. The fourth-order valence-electron chi connectivity index (χ4n) is 2.63. The normalized spacial score (nSPS) is 13.7. The highest BCUT2D eigenvalue weighted by molar-refractivity contribution is 6.04. The van der Waals surface area contributed by atoms with Crippen LogP contribution in [0.4, 0.5) is 10.1 Å². The topological polar surface area (TPSA) is 29.1 Å². The van der Waals surface area contributed by atoms with E-state index < -0.39 is 5.82 Å². The number of rotatable bonds is 2. The minimum absolute atomic E-state index is 0.218. The van der Waals surface area contributed by atoms with Crippen LogP contribution in [0.25, 0.3) is 0 Å². The summed E-state index contributed by atoms with van der Waals surface area (Å²) in [6.45, 7) is 0. The molecule has 0 fully saturated rings. The lowest BCUT2D eigenvalue weighted by molar-refractivity contribution is 0.102. The summed E-state index contributed by atoms with van der Waals surface area (Å²) in [5.41, 5.74) is 3.39. The zero-order valence-electron chi connectivity index (χ0n) is 11.2. The highest BCUT2D eigenvalue weighted by Gasteiger charge is 2.13. The largest absolute Gasteiger partial charge is 0.319 e. The molecule has 102 valence electrons. The number of para-hydroxylation sites is 1. The Bertz CT molecular complexity index is 651. The number of hydrogen-bond donors (Lipinski definition) is 1. The molecule has 20 heavy (non-hydrogen) atoms. The van der Waals surface area contributed by atoms with Crippen molar-refractivity contribution in [2.75, 3.05) is 5.32 Å². The summed E-state index contributed by atoms with van der Waals surface area (Å²) in [4.78, 5) is 12.2. The first kappa shape index (κ1) is 12.9. The molecule has 0 saturated heterocycles. The minimum atomic E-state index is -0.418. The van der Waals surface area contributed by atoms with Crippen molar-refractivity contribution in [1.29, 1.82) is 0 Å². The number of amides is 1. The molecule has 1 aliphatic rings. The van der Waals surface area contributed by atoms with Crippen LogP contribution in [0, 0.1) is 5.82 Å². The SMILES string of the molecule is O=C(Nc1ccccc1F)c1ccc2c(c1)CCCC2. The van der Waals surface area contributed by atoms with E-state index in [0.29, 0.717) is 5.56 Å². The quantitative estimate of drug-likeness (QED) is 0.878. The van der Waals surface area contributed by atoms with E-state index in [4.69, 9.17) is 0 Å². The maximum Gasteiger partial charge on any atom is 0.255 e. The standard InChI is InChI=1S/C17H16FNO/c18-15-7-3-4-8-16(15)19-17(20)14-10-9-12-5-1-2-6-13(12)11-14/h3-4,7-11H,1-2,5-6H2,(H,19,20). The van der Waals surface area contributed by atoms with Crippen molar-refractivity contribution >= 4 is 11.6 Å². The first-order chi connectivity index (χ1) is 9.74. The van der Waals surface area contributed by atoms with Gasteiger partial charge in [0.15, 0.2) is 0 Å². The van der Waals surface area contributed by atoms with E-state index in [9.17, 15) is 9.18 Å². The van der Waals surface area contributed by atoms with Crippen molar-refractivity contribution in [2.24, 2.45) is 0 Å². The Hall–Kier alpha value is -2.16. The number of fused-ring (bicyclic) bond motifs is 1. The zero-order valence-corrected chi connectivity index (χ0v) is 11.2. The van der Waals surface area contributed by atoms with Gasteiger partial charge in [0.05, 0.1) is 5.69 Å². The molecule has 3 rings (SSSR count). The second-order valence-electron chi connectivity index (χ2n) is 5.12. The van der Waals surface area contributed by atoms with E-state index in [1.165, 1.54) is 30.0 Å². The van der Waals surface area contributed by atoms with E-state index in [-0.39, 0.29) is 11.6 Å². The van der Waals surface area contributed by atoms with Crippen LogP contribution in [0.5, 0.6) is 0 Å². The van der Waals surface area contributed by atoms with Gasteiger partial charge in [0.25, 0.3) is 5.91 Å². The van der Waals surface area contributed by atoms with E-state index in [1.807, 2.05) is 18.2 Å². The predicted molar refractivity (Wildman–Crippen MR) is 77.4 cm³/mol. The minimum Gasteiger partial charge on any atom is -0.319 e. The van der Waals surface area contributed by atoms with Crippen LogP contribution in [0.1, 0.15) is 34.3 Å². The van der Waals surface area contributed by atoms with E-state index in [1.54, 1.807) is 18.2 Å². The molecule has 0 unspecified atom stereocenters. The van der Waals surface area contributed by atoms with Crippen molar-refractivity contribution in [3.63, 3.8) is 0 Å². The Balaban J connectivity index is 1.82. The Morgan fingerprint density at radius 1 is 1.00 bits per heavy atom. The van der Waals surface area contributed by atoms with Gasteiger partial charge in [0.2, 0.25) is 0 Å². The average Bonchev–Trinajstić information content (AvgIpc) is 2.49. The maximum atomic E-state index is 13.5. The van der Waals surface area contributed by atoms with Gasteiger partial charge in [-0.25, -0.2) is 4.39 Å². The number of halogens is 1. The molecule has 3 heteroatoms. The third kappa shape index (κ3) is 2.57. The number of anilines is 1. The van der Waals surface area contributed by atoms with Gasteiger partial charge in [0.1, 0.15) is 5.82 Å². The summed E-state index contributed by atoms with van der Waals surface area (Å²) in [6, 6.07) is 12.0. The summed E-state index contributed by atoms with van der Waals surface area (Å²) in [6.07, 6.45) is 4.50. The van der Waals surface area contributed by atoms with Crippen molar-refractivity contribution in [3.8, 4) is 0 Å². The molecule has 2 nitrogen and oxygen atoms in total. The molecular weight excluding hydrogens is 253 g/mol. The fourth-order valence-corrected chi connectivity index (χ4v) is 2.63. The Kier molecular flexibility index (Phi) is 3.50. The van der Waals surface area contributed by atoms with Gasteiger partial charge in [-0.3, -0.25) is 4.79 Å². The predicted octanol–water partition coefficient (Wildman–Crippen LogP) is 3.96. The van der Waals surface area contributed by atoms with E-state index in [2.05, 4.69) is 5.32 Å². The summed E-state index contributed by atoms with van der Waals surface area (Å²) >= 11 is 0. The highest BCUT2D eigenvalue weighted by Crippen LogP contribution is 2.23. The van der Waals surface area contributed by atoms with Gasteiger partial charge < -0.3 is 5.32 Å².